The predicted molar refractivity (Wildman–Crippen MR) is 81.3 cm³/mol. The Morgan fingerprint density at radius 2 is 1.63 bits per heavy atom. The lowest BCUT2D eigenvalue weighted by Crippen LogP contribution is -2.63. The van der Waals surface area contributed by atoms with E-state index in [1.807, 2.05) is 0 Å². The Morgan fingerprint density at radius 3 is 2.21 bits per heavy atom. The molecule has 2 atom stereocenters. The van der Waals surface area contributed by atoms with Gasteiger partial charge in [0.2, 0.25) is 0 Å². The molecule has 1 saturated heterocycles. The van der Waals surface area contributed by atoms with Crippen LogP contribution in [0.15, 0.2) is 0 Å². The summed E-state index contributed by atoms with van der Waals surface area (Å²) in [6.45, 7) is 9.70. The first-order valence-corrected chi connectivity index (χ1v) is 8.55. The second-order valence-electron chi connectivity index (χ2n) is 8.22. The molecular formula is C17H32N2. The molecular weight excluding hydrogens is 232 g/mol. The van der Waals surface area contributed by atoms with E-state index in [1.54, 1.807) is 0 Å². The Hall–Kier alpha value is -0.0800. The average Bonchev–Trinajstić information content (AvgIpc) is 3.22. The number of nitrogens with zero attached hydrogens (tertiary/aromatic N) is 1. The van der Waals surface area contributed by atoms with E-state index in [0.717, 1.165) is 18.0 Å². The van der Waals surface area contributed by atoms with E-state index in [1.165, 1.54) is 58.0 Å². The van der Waals surface area contributed by atoms with Crippen LogP contribution in [0.1, 0.15) is 65.7 Å². The van der Waals surface area contributed by atoms with Crippen LogP contribution in [0.3, 0.4) is 0 Å². The van der Waals surface area contributed by atoms with Crippen molar-refractivity contribution in [2.45, 2.75) is 83.8 Å². The van der Waals surface area contributed by atoms with E-state index in [-0.39, 0.29) is 0 Å². The van der Waals surface area contributed by atoms with Crippen LogP contribution >= 0.6 is 0 Å². The Balaban J connectivity index is 1.70. The number of hydrogen-bond acceptors (Lipinski definition) is 2. The van der Waals surface area contributed by atoms with Crippen molar-refractivity contribution in [1.82, 2.24) is 10.2 Å². The van der Waals surface area contributed by atoms with Crippen molar-refractivity contribution >= 4 is 0 Å². The predicted octanol–water partition coefficient (Wildman–Crippen LogP) is 3.42. The molecule has 2 unspecified atom stereocenters. The van der Waals surface area contributed by atoms with Crippen molar-refractivity contribution in [2.24, 2.45) is 11.3 Å². The Kier molecular flexibility index (Phi) is 3.92. The van der Waals surface area contributed by atoms with Crippen molar-refractivity contribution in [3.8, 4) is 0 Å². The van der Waals surface area contributed by atoms with Gasteiger partial charge in [0.15, 0.2) is 0 Å². The molecule has 0 radical (unpaired) electrons. The average molecular weight is 264 g/mol. The molecule has 1 N–H and O–H groups in total. The van der Waals surface area contributed by atoms with E-state index >= 15 is 0 Å². The van der Waals surface area contributed by atoms with Crippen LogP contribution in [-0.2, 0) is 0 Å². The van der Waals surface area contributed by atoms with E-state index in [0.29, 0.717) is 11.5 Å². The molecule has 3 rings (SSSR count). The monoisotopic (exact) mass is 264 g/mol. The first-order chi connectivity index (χ1) is 9.05. The van der Waals surface area contributed by atoms with Gasteiger partial charge in [0.05, 0.1) is 0 Å². The van der Waals surface area contributed by atoms with Gasteiger partial charge in [-0.15, -0.1) is 0 Å². The summed E-state index contributed by atoms with van der Waals surface area (Å²) in [4.78, 5) is 2.93. The van der Waals surface area contributed by atoms with Crippen LogP contribution in [0, 0.1) is 11.3 Å². The summed E-state index contributed by atoms with van der Waals surface area (Å²) in [5.41, 5.74) is 0.390. The highest BCUT2D eigenvalue weighted by atomic mass is 15.3. The van der Waals surface area contributed by atoms with Gasteiger partial charge in [-0.3, -0.25) is 4.90 Å². The van der Waals surface area contributed by atoms with Crippen LogP contribution < -0.4 is 5.32 Å². The zero-order valence-corrected chi connectivity index (χ0v) is 13.1. The number of rotatable bonds is 2. The molecule has 19 heavy (non-hydrogen) atoms. The van der Waals surface area contributed by atoms with Crippen molar-refractivity contribution in [1.29, 1.82) is 0 Å². The van der Waals surface area contributed by atoms with Crippen LogP contribution in [-0.4, -0.2) is 36.1 Å². The molecule has 1 heterocycles. The molecule has 110 valence electrons. The minimum absolute atomic E-state index is 0.390. The summed E-state index contributed by atoms with van der Waals surface area (Å²) >= 11 is 0. The normalized spacial score (nSPS) is 35.5. The first-order valence-electron chi connectivity index (χ1n) is 8.55. The highest BCUT2D eigenvalue weighted by molar-refractivity contribution is 5.00. The molecule has 0 aromatic carbocycles. The molecule has 0 spiro atoms. The smallest absolute Gasteiger partial charge is 0.0252 e. The molecule has 0 aromatic rings. The minimum Gasteiger partial charge on any atom is -0.311 e. The van der Waals surface area contributed by atoms with Crippen LogP contribution in [0.2, 0.25) is 0 Å². The van der Waals surface area contributed by atoms with Crippen LogP contribution in [0.4, 0.5) is 0 Å². The van der Waals surface area contributed by atoms with E-state index in [2.05, 4.69) is 31.0 Å². The third-order valence-corrected chi connectivity index (χ3v) is 5.65. The molecule has 1 aliphatic heterocycles. The van der Waals surface area contributed by atoms with Crippen molar-refractivity contribution in [2.75, 3.05) is 13.1 Å². The highest BCUT2D eigenvalue weighted by Gasteiger charge is 2.43. The van der Waals surface area contributed by atoms with Crippen molar-refractivity contribution in [3.05, 3.63) is 0 Å². The maximum absolute atomic E-state index is 3.86. The second kappa shape index (κ2) is 5.37. The largest absolute Gasteiger partial charge is 0.311 e. The molecule has 2 nitrogen and oxygen atoms in total. The first kappa shape index (κ1) is 13.9. The Labute approximate surface area is 119 Å². The van der Waals surface area contributed by atoms with Crippen LogP contribution in [0.25, 0.3) is 0 Å². The van der Waals surface area contributed by atoms with Crippen molar-refractivity contribution in [3.63, 3.8) is 0 Å². The molecule has 0 aromatic heterocycles. The summed E-state index contributed by atoms with van der Waals surface area (Å²) in [6, 6.07) is 2.41. The van der Waals surface area contributed by atoms with Gasteiger partial charge >= 0.3 is 0 Å². The fourth-order valence-corrected chi connectivity index (χ4v) is 4.12. The summed E-state index contributed by atoms with van der Waals surface area (Å²) in [5.74, 6) is 1.01. The van der Waals surface area contributed by atoms with Gasteiger partial charge < -0.3 is 5.32 Å². The molecule has 0 bridgehead atoms. The maximum atomic E-state index is 3.86. The maximum Gasteiger partial charge on any atom is 0.0252 e. The minimum atomic E-state index is 0.390. The fraction of sp³-hybridized carbons (Fsp3) is 1.00. The van der Waals surface area contributed by atoms with Crippen LogP contribution in [0.5, 0.6) is 0 Å². The number of piperazine rings is 1. The standard InChI is InChI=1S/C17H32N2/c1-17(2,3)16-12-19(14-7-5-4-6-8-14)15(11-18-16)13-9-10-13/h13-16,18H,4-12H2,1-3H3. The lowest BCUT2D eigenvalue weighted by molar-refractivity contribution is 0.0261. The summed E-state index contributed by atoms with van der Waals surface area (Å²) in [6.07, 6.45) is 10.3. The van der Waals surface area contributed by atoms with Gasteiger partial charge in [0.1, 0.15) is 0 Å². The quantitative estimate of drug-likeness (QED) is 0.822. The van der Waals surface area contributed by atoms with Gasteiger partial charge in [-0.25, -0.2) is 0 Å². The molecule has 2 heteroatoms. The van der Waals surface area contributed by atoms with Crippen molar-refractivity contribution < 1.29 is 0 Å². The SMILES string of the molecule is CC(C)(C)C1CN(C2CCCCC2)C(C2CC2)CN1. The van der Waals surface area contributed by atoms with Gasteiger partial charge in [0, 0.05) is 31.2 Å². The summed E-state index contributed by atoms with van der Waals surface area (Å²) in [7, 11) is 0. The Bertz CT molecular complexity index is 297. The van der Waals surface area contributed by atoms with E-state index in [9.17, 15) is 0 Å². The molecule has 3 aliphatic rings. The zero-order chi connectivity index (χ0) is 13.5. The molecule has 2 saturated carbocycles. The van der Waals surface area contributed by atoms with Gasteiger partial charge in [-0.1, -0.05) is 40.0 Å². The van der Waals surface area contributed by atoms with Gasteiger partial charge in [-0.05, 0) is 37.0 Å². The highest BCUT2D eigenvalue weighted by Crippen LogP contribution is 2.40. The lowest BCUT2D eigenvalue weighted by atomic mass is 9.82. The topological polar surface area (TPSA) is 15.3 Å². The van der Waals surface area contributed by atoms with Gasteiger partial charge in [0.25, 0.3) is 0 Å². The zero-order valence-electron chi connectivity index (χ0n) is 13.1. The Morgan fingerprint density at radius 1 is 0.947 bits per heavy atom. The molecule has 0 amide bonds. The third kappa shape index (κ3) is 3.16. The van der Waals surface area contributed by atoms with E-state index in [4.69, 9.17) is 0 Å². The molecule has 2 aliphatic carbocycles. The third-order valence-electron chi connectivity index (χ3n) is 5.65. The number of hydrogen-bond donors (Lipinski definition) is 1. The second-order valence-corrected chi connectivity index (χ2v) is 8.22. The summed E-state index contributed by atoms with van der Waals surface area (Å²) < 4.78 is 0. The number of nitrogens with one attached hydrogen (secondary N) is 1. The molecule has 3 fully saturated rings. The van der Waals surface area contributed by atoms with Gasteiger partial charge in [-0.2, -0.15) is 0 Å². The van der Waals surface area contributed by atoms with E-state index < -0.39 is 0 Å². The lowest BCUT2D eigenvalue weighted by Gasteiger charge is -2.49. The fourth-order valence-electron chi connectivity index (χ4n) is 4.12. The summed E-state index contributed by atoms with van der Waals surface area (Å²) in [5, 5.41) is 3.86.